The smallest absolute Gasteiger partial charge is 0.407 e. The first kappa shape index (κ1) is 16.3. The summed E-state index contributed by atoms with van der Waals surface area (Å²) >= 11 is 0. The first-order chi connectivity index (χ1) is 11.2. The quantitative estimate of drug-likeness (QED) is 0.875. The molecule has 1 saturated heterocycles. The van der Waals surface area contributed by atoms with E-state index in [0.717, 1.165) is 25.3 Å². The molecule has 23 heavy (non-hydrogen) atoms. The topological polar surface area (TPSA) is 70.4 Å². The van der Waals surface area contributed by atoms with Gasteiger partial charge < -0.3 is 19.9 Å². The number of carboxylic acid groups (broad SMARTS) is 1. The minimum atomic E-state index is -0.786. The van der Waals surface area contributed by atoms with Gasteiger partial charge in [0.25, 0.3) is 0 Å². The molecule has 1 saturated carbocycles. The van der Waals surface area contributed by atoms with Crippen molar-refractivity contribution in [3.8, 4) is 0 Å². The first-order valence-corrected chi connectivity index (χ1v) is 8.92. The maximum atomic E-state index is 11.0. The van der Waals surface area contributed by atoms with Crippen LogP contribution in [0.1, 0.15) is 44.9 Å². The number of amides is 1. The number of nitrogens with zero attached hydrogens (tertiary/aromatic N) is 3. The summed E-state index contributed by atoms with van der Waals surface area (Å²) in [6.07, 6.45) is 13.5. The van der Waals surface area contributed by atoms with Gasteiger partial charge >= 0.3 is 6.09 Å². The van der Waals surface area contributed by atoms with E-state index in [0.29, 0.717) is 25.2 Å². The second-order valence-corrected chi connectivity index (χ2v) is 6.97. The zero-order chi connectivity index (χ0) is 16.1. The van der Waals surface area contributed by atoms with Crippen LogP contribution in [0, 0.1) is 5.92 Å². The van der Waals surface area contributed by atoms with Gasteiger partial charge in [-0.15, -0.1) is 0 Å². The number of aromatic nitrogens is 2. The van der Waals surface area contributed by atoms with Gasteiger partial charge in [-0.25, -0.2) is 9.78 Å². The predicted molar refractivity (Wildman–Crippen MR) is 88.3 cm³/mol. The fourth-order valence-corrected chi connectivity index (χ4v) is 4.04. The van der Waals surface area contributed by atoms with Gasteiger partial charge in [-0.2, -0.15) is 0 Å². The minimum absolute atomic E-state index is 0.432. The van der Waals surface area contributed by atoms with E-state index in [1.54, 1.807) is 0 Å². The molecule has 2 N–H and O–H groups in total. The Hall–Kier alpha value is -1.56. The Bertz CT molecular complexity index is 477. The lowest BCUT2D eigenvalue weighted by Crippen LogP contribution is -2.50. The second-order valence-electron chi connectivity index (χ2n) is 6.97. The Morgan fingerprint density at radius 1 is 1.22 bits per heavy atom. The monoisotopic (exact) mass is 320 g/mol. The van der Waals surface area contributed by atoms with Gasteiger partial charge in [0.05, 0.1) is 6.33 Å². The Kier molecular flexibility index (Phi) is 5.54. The van der Waals surface area contributed by atoms with Gasteiger partial charge in [0, 0.05) is 44.1 Å². The van der Waals surface area contributed by atoms with Crippen molar-refractivity contribution in [1.82, 2.24) is 19.8 Å². The van der Waals surface area contributed by atoms with E-state index < -0.39 is 6.09 Å². The highest BCUT2D eigenvalue weighted by atomic mass is 16.4. The largest absolute Gasteiger partial charge is 0.465 e. The highest BCUT2D eigenvalue weighted by molar-refractivity contribution is 5.65. The summed E-state index contributed by atoms with van der Waals surface area (Å²) in [4.78, 5) is 16.7. The summed E-state index contributed by atoms with van der Waals surface area (Å²) < 4.78 is 2.17. The van der Waals surface area contributed by atoms with Gasteiger partial charge in [-0.1, -0.05) is 19.3 Å². The second kappa shape index (κ2) is 7.81. The molecule has 128 valence electrons. The molecule has 6 heteroatoms. The molecular weight excluding hydrogens is 292 g/mol. The molecule has 1 unspecified atom stereocenters. The summed E-state index contributed by atoms with van der Waals surface area (Å²) in [5.74, 6) is 0.726. The number of rotatable bonds is 5. The maximum Gasteiger partial charge on any atom is 0.407 e. The van der Waals surface area contributed by atoms with Crippen LogP contribution in [-0.2, 0) is 6.54 Å². The van der Waals surface area contributed by atoms with E-state index in [-0.39, 0.29) is 0 Å². The van der Waals surface area contributed by atoms with E-state index >= 15 is 0 Å². The molecular formula is C17H28N4O2. The van der Waals surface area contributed by atoms with E-state index in [4.69, 9.17) is 5.11 Å². The Balaban J connectivity index is 1.58. The van der Waals surface area contributed by atoms with Gasteiger partial charge in [0.2, 0.25) is 0 Å². The molecule has 1 aromatic rings. The van der Waals surface area contributed by atoms with Gasteiger partial charge in [0.1, 0.15) is 0 Å². The van der Waals surface area contributed by atoms with Crippen LogP contribution in [0.25, 0.3) is 0 Å². The third kappa shape index (κ3) is 4.47. The number of imidazole rings is 1. The van der Waals surface area contributed by atoms with Crippen LogP contribution >= 0.6 is 0 Å². The van der Waals surface area contributed by atoms with Gasteiger partial charge in [-0.3, -0.25) is 0 Å². The number of likely N-dealkylation sites (tertiary alicyclic amines) is 1. The molecule has 1 aromatic heterocycles. The van der Waals surface area contributed by atoms with Crippen LogP contribution in [0.4, 0.5) is 4.79 Å². The van der Waals surface area contributed by atoms with Crippen LogP contribution in [0.3, 0.4) is 0 Å². The zero-order valence-corrected chi connectivity index (χ0v) is 13.7. The van der Waals surface area contributed by atoms with Gasteiger partial charge in [-0.05, 0) is 31.6 Å². The van der Waals surface area contributed by atoms with Crippen LogP contribution in [0.2, 0.25) is 0 Å². The van der Waals surface area contributed by atoms with Crippen molar-refractivity contribution in [2.24, 2.45) is 5.92 Å². The highest BCUT2D eigenvalue weighted by Crippen LogP contribution is 2.28. The number of piperidine rings is 1. The fourth-order valence-electron chi connectivity index (χ4n) is 4.04. The number of hydrogen-bond donors (Lipinski definition) is 2. The Morgan fingerprint density at radius 3 is 2.57 bits per heavy atom. The lowest BCUT2D eigenvalue weighted by Gasteiger charge is -2.37. The van der Waals surface area contributed by atoms with E-state index in [9.17, 15) is 4.79 Å². The number of hydrogen-bond acceptors (Lipinski definition) is 3. The van der Waals surface area contributed by atoms with Gasteiger partial charge in [0.15, 0.2) is 0 Å². The third-order valence-electron chi connectivity index (χ3n) is 5.40. The normalized spacial score (nSPS) is 22.2. The average molecular weight is 320 g/mol. The van der Waals surface area contributed by atoms with Crippen molar-refractivity contribution in [3.63, 3.8) is 0 Å². The molecule has 2 heterocycles. The SMILES string of the molecule is O=C(O)N1CCC(NC(Cn2ccnc2)C2CCCCC2)CC1. The number of nitrogens with one attached hydrogen (secondary N) is 1. The molecule has 2 fully saturated rings. The van der Waals surface area contributed by atoms with Crippen molar-refractivity contribution in [2.45, 2.75) is 63.6 Å². The predicted octanol–water partition coefficient (Wildman–Crippen LogP) is 2.56. The van der Waals surface area contributed by atoms with Crippen molar-refractivity contribution in [1.29, 1.82) is 0 Å². The zero-order valence-electron chi connectivity index (χ0n) is 13.7. The van der Waals surface area contributed by atoms with Crippen molar-refractivity contribution < 1.29 is 9.90 Å². The van der Waals surface area contributed by atoms with Crippen molar-refractivity contribution in [2.75, 3.05) is 13.1 Å². The molecule has 0 spiro atoms. The molecule has 1 atom stereocenters. The molecule has 2 aliphatic rings. The van der Waals surface area contributed by atoms with E-state index in [2.05, 4.69) is 14.9 Å². The van der Waals surface area contributed by atoms with Crippen LogP contribution in [0.5, 0.6) is 0 Å². The Morgan fingerprint density at radius 2 is 1.96 bits per heavy atom. The summed E-state index contributed by atoms with van der Waals surface area (Å²) in [6.45, 7) is 2.26. The third-order valence-corrected chi connectivity index (χ3v) is 5.40. The van der Waals surface area contributed by atoms with Crippen molar-refractivity contribution >= 4 is 6.09 Å². The lowest BCUT2D eigenvalue weighted by atomic mass is 9.83. The Labute approximate surface area is 137 Å². The fraction of sp³-hybridized carbons (Fsp3) is 0.765. The van der Waals surface area contributed by atoms with E-state index in [1.165, 1.54) is 37.0 Å². The van der Waals surface area contributed by atoms with Crippen LogP contribution in [-0.4, -0.2) is 50.8 Å². The molecule has 0 aromatic carbocycles. The molecule has 1 amide bonds. The van der Waals surface area contributed by atoms with Crippen molar-refractivity contribution in [3.05, 3.63) is 18.7 Å². The maximum absolute atomic E-state index is 11.0. The minimum Gasteiger partial charge on any atom is -0.465 e. The average Bonchev–Trinajstić information content (AvgIpc) is 3.09. The summed E-state index contributed by atoms with van der Waals surface area (Å²) in [5, 5.41) is 12.9. The standard InChI is InChI=1S/C17H28N4O2/c22-17(23)21-9-6-15(7-10-21)19-16(12-20-11-8-18-13-20)14-4-2-1-3-5-14/h8,11,13-16,19H,1-7,9-10,12H2,(H,22,23). The molecule has 3 rings (SSSR count). The molecule has 0 radical (unpaired) electrons. The van der Waals surface area contributed by atoms with Crippen LogP contribution < -0.4 is 5.32 Å². The van der Waals surface area contributed by atoms with Crippen LogP contribution in [0.15, 0.2) is 18.7 Å². The van der Waals surface area contributed by atoms with E-state index in [1.807, 2.05) is 18.7 Å². The summed E-state index contributed by atoms with van der Waals surface area (Å²) in [7, 11) is 0. The lowest BCUT2D eigenvalue weighted by molar-refractivity contribution is 0.123. The first-order valence-electron chi connectivity index (χ1n) is 8.92. The molecule has 0 bridgehead atoms. The highest BCUT2D eigenvalue weighted by Gasteiger charge is 2.28. The number of carbonyl (C=O) groups is 1. The summed E-state index contributed by atoms with van der Waals surface area (Å²) in [5.41, 5.74) is 0. The molecule has 1 aliphatic heterocycles. The molecule has 1 aliphatic carbocycles. The summed E-state index contributed by atoms with van der Waals surface area (Å²) in [6, 6.07) is 0.895. The molecule has 6 nitrogen and oxygen atoms in total.